The Morgan fingerprint density at radius 1 is 1.32 bits per heavy atom. The third-order valence-corrected chi connectivity index (χ3v) is 3.23. The SMILES string of the molecule is CC(C)COc1ccc(CNCC2CCCO2)cc1. The molecule has 3 nitrogen and oxygen atoms in total. The zero-order valence-electron chi connectivity index (χ0n) is 12.0. The molecule has 1 N–H and O–H groups in total. The zero-order valence-corrected chi connectivity index (χ0v) is 12.0. The van der Waals surface area contributed by atoms with Crippen molar-refractivity contribution < 1.29 is 9.47 Å². The number of benzene rings is 1. The van der Waals surface area contributed by atoms with Crippen molar-refractivity contribution in [2.24, 2.45) is 5.92 Å². The third-order valence-electron chi connectivity index (χ3n) is 3.23. The average molecular weight is 263 g/mol. The van der Waals surface area contributed by atoms with Crippen LogP contribution in [0.3, 0.4) is 0 Å². The second-order valence-electron chi connectivity index (χ2n) is 5.61. The molecule has 1 aromatic carbocycles. The summed E-state index contributed by atoms with van der Waals surface area (Å²) in [5.74, 6) is 1.52. The van der Waals surface area contributed by atoms with Crippen molar-refractivity contribution in [3.63, 3.8) is 0 Å². The standard InChI is InChI=1S/C16H25NO2/c1-13(2)12-19-15-7-5-14(6-8-15)10-17-11-16-4-3-9-18-16/h5-8,13,16-17H,3-4,9-12H2,1-2H3. The van der Waals surface area contributed by atoms with Crippen LogP contribution < -0.4 is 10.1 Å². The van der Waals surface area contributed by atoms with Crippen molar-refractivity contribution in [1.82, 2.24) is 5.32 Å². The van der Waals surface area contributed by atoms with Crippen LogP contribution in [0.4, 0.5) is 0 Å². The Labute approximate surface area is 116 Å². The molecular formula is C16H25NO2. The summed E-state index contributed by atoms with van der Waals surface area (Å²) < 4.78 is 11.2. The Balaban J connectivity index is 1.69. The summed E-state index contributed by atoms with van der Waals surface area (Å²) in [6.45, 7) is 7.85. The Morgan fingerprint density at radius 2 is 2.11 bits per heavy atom. The quantitative estimate of drug-likeness (QED) is 0.820. The molecule has 1 fully saturated rings. The van der Waals surface area contributed by atoms with Crippen molar-refractivity contribution in [2.45, 2.75) is 39.3 Å². The van der Waals surface area contributed by atoms with Gasteiger partial charge in [0, 0.05) is 19.7 Å². The highest BCUT2D eigenvalue weighted by Gasteiger charge is 2.14. The summed E-state index contributed by atoms with van der Waals surface area (Å²) in [4.78, 5) is 0. The van der Waals surface area contributed by atoms with Gasteiger partial charge in [-0.2, -0.15) is 0 Å². The van der Waals surface area contributed by atoms with Crippen molar-refractivity contribution in [1.29, 1.82) is 0 Å². The topological polar surface area (TPSA) is 30.5 Å². The van der Waals surface area contributed by atoms with Gasteiger partial charge in [0.2, 0.25) is 0 Å². The van der Waals surface area contributed by atoms with Gasteiger partial charge in [-0.25, -0.2) is 0 Å². The van der Waals surface area contributed by atoms with Gasteiger partial charge in [0.15, 0.2) is 0 Å². The van der Waals surface area contributed by atoms with E-state index in [0.29, 0.717) is 12.0 Å². The van der Waals surface area contributed by atoms with Crippen molar-refractivity contribution in [3.05, 3.63) is 29.8 Å². The Bertz CT molecular complexity index is 356. The molecule has 1 atom stereocenters. The second-order valence-corrected chi connectivity index (χ2v) is 5.61. The van der Waals surface area contributed by atoms with E-state index >= 15 is 0 Å². The monoisotopic (exact) mass is 263 g/mol. The maximum atomic E-state index is 5.67. The van der Waals surface area contributed by atoms with Gasteiger partial charge in [-0.1, -0.05) is 26.0 Å². The predicted molar refractivity (Wildman–Crippen MR) is 77.5 cm³/mol. The molecule has 1 aliphatic rings. The summed E-state index contributed by atoms with van der Waals surface area (Å²) in [6, 6.07) is 8.34. The van der Waals surface area contributed by atoms with Gasteiger partial charge in [-0.15, -0.1) is 0 Å². The van der Waals surface area contributed by atoms with E-state index in [-0.39, 0.29) is 0 Å². The van der Waals surface area contributed by atoms with Crippen molar-refractivity contribution in [3.8, 4) is 5.75 Å². The van der Waals surface area contributed by atoms with Crippen LogP contribution in [0, 0.1) is 5.92 Å². The lowest BCUT2D eigenvalue weighted by molar-refractivity contribution is 0.110. The molecule has 1 unspecified atom stereocenters. The van der Waals surface area contributed by atoms with E-state index in [9.17, 15) is 0 Å². The van der Waals surface area contributed by atoms with Crippen LogP contribution in [0.2, 0.25) is 0 Å². The molecule has 19 heavy (non-hydrogen) atoms. The van der Waals surface area contributed by atoms with E-state index in [1.165, 1.54) is 18.4 Å². The molecule has 1 aliphatic heterocycles. The minimum Gasteiger partial charge on any atom is -0.493 e. The van der Waals surface area contributed by atoms with Gasteiger partial charge in [0.25, 0.3) is 0 Å². The van der Waals surface area contributed by atoms with Crippen LogP contribution in [0.1, 0.15) is 32.3 Å². The molecule has 2 rings (SSSR count). The van der Waals surface area contributed by atoms with Gasteiger partial charge >= 0.3 is 0 Å². The van der Waals surface area contributed by atoms with E-state index in [2.05, 4.69) is 31.3 Å². The fraction of sp³-hybridized carbons (Fsp3) is 0.625. The van der Waals surface area contributed by atoms with E-state index in [4.69, 9.17) is 9.47 Å². The maximum Gasteiger partial charge on any atom is 0.119 e. The molecule has 1 heterocycles. The number of hydrogen-bond acceptors (Lipinski definition) is 3. The molecular weight excluding hydrogens is 238 g/mol. The number of rotatable bonds is 7. The van der Waals surface area contributed by atoms with Crippen LogP contribution in [0.15, 0.2) is 24.3 Å². The van der Waals surface area contributed by atoms with Crippen molar-refractivity contribution in [2.75, 3.05) is 19.8 Å². The van der Waals surface area contributed by atoms with Gasteiger partial charge in [0.05, 0.1) is 12.7 Å². The smallest absolute Gasteiger partial charge is 0.119 e. The van der Waals surface area contributed by atoms with E-state index in [0.717, 1.165) is 32.1 Å². The predicted octanol–water partition coefficient (Wildman–Crippen LogP) is 2.99. The molecule has 0 saturated carbocycles. The molecule has 0 spiro atoms. The molecule has 3 heteroatoms. The fourth-order valence-electron chi connectivity index (χ4n) is 2.15. The first-order valence-corrected chi connectivity index (χ1v) is 7.28. The Morgan fingerprint density at radius 3 is 2.74 bits per heavy atom. The van der Waals surface area contributed by atoms with Gasteiger partial charge < -0.3 is 14.8 Å². The molecule has 0 amide bonds. The van der Waals surface area contributed by atoms with Gasteiger partial charge in [-0.05, 0) is 36.5 Å². The van der Waals surface area contributed by atoms with E-state index in [1.54, 1.807) is 0 Å². The lowest BCUT2D eigenvalue weighted by Crippen LogP contribution is -2.25. The van der Waals surface area contributed by atoms with Crippen molar-refractivity contribution >= 4 is 0 Å². The van der Waals surface area contributed by atoms with Gasteiger partial charge in [-0.3, -0.25) is 0 Å². The minimum absolute atomic E-state index is 0.411. The zero-order chi connectivity index (χ0) is 13.5. The van der Waals surface area contributed by atoms with Crippen LogP contribution >= 0.6 is 0 Å². The lowest BCUT2D eigenvalue weighted by atomic mass is 10.2. The van der Waals surface area contributed by atoms with Crippen LogP contribution in [-0.4, -0.2) is 25.9 Å². The Hall–Kier alpha value is -1.06. The van der Waals surface area contributed by atoms with E-state index < -0.39 is 0 Å². The minimum atomic E-state index is 0.411. The summed E-state index contributed by atoms with van der Waals surface area (Å²) in [5, 5.41) is 3.45. The van der Waals surface area contributed by atoms with E-state index in [1.807, 2.05) is 12.1 Å². The fourth-order valence-corrected chi connectivity index (χ4v) is 2.15. The first kappa shape index (κ1) is 14.4. The highest BCUT2D eigenvalue weighted by Crippen LogP contribution is 2.14. The maximum absolute atomic E-state index is 5.67. The van der Waals surface area contributed by atoms with Crippen LogP contribution in [-0.2, 0) is 11.3 Å². The summed E-state index contributed by atoms with van der Waals surface area (Å²) >= 11 is 0. The lowest BCUT2D eigenvalue weighted by Gasteiger charge is -2.12. The van der Waals surface area contributed by atoms with Gasteiger partial charge in [0.1, 0.15) is 5.75 Å². The summed E-state index contributed by atoms with van der Waals surface area (Å²) in [7, 11) is 0. The molecule has 1 aromatic rings. The molecule has 0 aromatic heterocycles. The highest BCUT2D eigenvalue weighted by atomic mass is 16.5. The number of nitrogens with one attached hydrogen (secondary N) is 1. The number of ether oxygens (including phenoxy) is 2. The largest absolute Gasteiger partial charge is 0.493 e. The molecule has 0 bridgehead atoms. The number of hydrogen-bond donors (Lipinski definition) is 1. The molecule has 106 valence electrons. The first-order valence-electron chi connectivity index (χ1n) is 7.28. The van der Waals surface area contributed by atoms with Crippen LogP contribution in [0.5, 0.6) is 5.75 Å². The molecule has 0 aliphatic carbocycles. The van der Waals surface area contributed by atoms with Crippen LogP contribution in [0.25, 0.3) is 0 Å². The average Bonchev–Trinajstić information content (AvgIpc) is 2.91. The molecule has 0 radical (unpaired) electrons. The first-order chi connectivity index (χ1) is 9.24. The normalized spacial score (nSPS) is 19.0. The second kappa shape index (κ2) is 7.51. The summed E-state index contributed by atoms with van der Waals surface area (Å²) in [5.41, 5.74) is 1.29. The third kappa shape index (κ3) is 5.21. The summed E-state index contributed by atoms with van der Waals surface area (Å²) in [6.07, 6.45) is 2.80. The molecule has 1 saturated heterocycles. The Kier molecular flexibility index (Phi) is 5.67. The highest BCUT2D eigenvalue weighted by molar-refractivity contribution is 5.27.